The van der Waals surface area contributed by atoms with Crippen molar-refractivity contribution in [3.8, 4) is 0 Å². The Morgan fingerprint density at radius 2 is 1.86 bits per heavy atom. The standard InChI is InChI=1S/C22H27FN4.HI/c1-3-24-22(26-16-19-9-10-21(23)17(2)13-19)25-15-18-7-6-8-20(14-18)27-11-4-5-12-27;/h4-10,13-14H,3,11-12,15-16H2,1-2H3,(H2,24,25,26);1H. The predicted octanol–water partition coefficient (Wildman–Crippen LogP) is 4.38. The topological polar surface area (TPSA) is 39.7 Å². The summed E-state index contributed by atoms with van der Waals surface area (Å²) >= 11 is 0. The van der Waals surface area contributed by atoms with E-state index in [0.717, 1.165) is 31.2 Å². The molecule has 0 spiro atoms. The van der Waals surface area contributed by atoms with Crippen molar-refractivity contribution in [3.63, 3.8) is 0 Å². The molecule has 150 valence electrons. The average Bonchev–Trinajstić information content (AvgIpc) is 3.22. The molecule has 2 aromatic carbocycles. The molecule has 2 aromatic rings. The van der Waals surface area contributed by atoms with Crippen LogP contribution in [0.5, 0.6) is 0 Å². The van der Waals surface area contributed by atoms with Crippen molar-refractivity contribution in [2.24, 2.45) is 4.99 Å². The normalized spacial score (nSPS) is 13.4. The summed E-state index contributed by atoms with van der Waals surface area (Å²) < 4.78 is 13.4. The van der Waals surface area contributed by atoms with Gasteiger partial charge in [0.2, 0.25) is 0 Å². The number of hydrogen-bond acceptors (Lipinski definition) is 2. The van der Waals surface area contributed by atoms with Gasteiger partial charge in [0, 0.05) is 31.9 Å². The van der Waals surface area contributed by atoms with Gasteiger partial charge in [0.1, 0.15) is 5.82 Å². The fourth-order valence-electron chi connectivity index (χ4n) is 3.06. The molecule has 1 aliphatic heterocycles. The lowest BCUT2D eigenvalue weighted by molar-refractivity contribution is 0.617. The molecule has 1 heterocycles. The van der Waals surface area contributed by atoms with Crippen LogP contribution in [0.2, 0.25) is 0 Å². The van der Waals surface area contributed by atoms with E-state index in [1.807, 2.05) is 13.0 Å². The number of rotatable bonds is 6. The summed E-state index contributed by atoms with van der Waals surface area (Å²) in [4.78, 5) is 7.02. The van der Waals surface area contributed by atoms with Crippen molar-refractivity contribution in [2.45, 2.75) is 26.9 Å². The third kappa shape index (κ3) is 6.22. The molecule has 0 saturated carbocycles. The number of guanidine groups is 1. The highest BCUT2D eigenvalue weighted by atomic mass is 127. The maximum Gasteiger partial charge on any atom is 0.191 e. The molecule has 4 nitrogen and oxygen atoms in total. The minimum Gasteiger partial charge on any atom is -0.364 e. The highest BCUT2D eigenvalue weighted by Crippen LogP contribution is 2.19. The number of halogens is 2. The molecule has 1 aliphatic rings. The summed E-state index contributed by atoms with van der Waals surface area (Å²) in [5, 5.41) is 6.58. The van der Waals surface area contributed by atoms with E-state index in [-0.39, 0.29) is 29.8 Å². The van der Waals surface area contributed by atoms with Crippen LogP contribution in [0.4, 0.5) is 10.1 Å². The van der Waals surface area contributed by atoms with E-state index in [0.29, 0.717) is 18.7 Å². The van der Waals surface area contributed by atoms with Gasteiger partial charge in [-0.15, -0.1) is 24.0 Å². The van der Waals surface area contributed by atoms with Crippen molar-refractivity contribution in [1.82, 2.24) is 10.6 Å². The molecular weight excluding hydrogens is 466 g/mol. The Kier molecular flexibility index (Phi) is 8.76. The third-order valence-electron chi connectivity index (χ3n) is 4.54. The maximum absolute atomic E-state index is 13.4. The Morgan fingerprint density at radius 3 is 2.57 bits per heavy atom. The molecule has 6 heteroatoms. The van der Waals surface area contributed by atoms with Gasteiger partial charge in [0.25, 0.3) is 0 Å². The Balaban J connectivity index is 0.00000280. The monoisotopic (exact) mass is 494 g/mol. The summed E-state index contributed by atoms with van der Waals surface area (Å²) in [6.45, 7) is 7.75. The lowest BCUT2D eigenvalue weighted by Crippen LogP contribution is -2.36. The molecule has 0 bridgehead atoms. The number of nitrogens with one attached hydrogen (secondary N) is 2. The Morgan fingerprint density at radius 1 is 1.07 bits per heavy atom. The molecule has 0 amide bonds. The van der Waals surface area contributed by atoms with Gasteiger partial charge < -0.3 is 15.5 Å². The van der Waals surface area contributed by atoms with Crippen LogP contribution in [-0.4, -0.2) is 25.6 Å². The van der Waals surface area contributed by atoms with Gasteiger partial charge in [-0.3, -0.25) is 0 Å². The molecule has 28 heavy (non-hydrogen) atoms. The first-order valence-electron chi connectivity index (χ1n) is 9.42. The smallest absolute Gasteiger partial charge is 0.191 e. The van der Waals surface area contributed by atoms with Gasteiger partial charge in [0.05, 0.1) is 6.54 Å². The van der Waals surface area contributed by atoms with Gasteiger partial charge in [0.15, 0.2) is 5.96 Å². The highest BCUT2D eigenvalue weighted by molar-refractivity contribution is 14.0. The molecule has 0 fully saturated rings. The van der Waals surface area contributed by atoms with Crippen LogP contribution < -0.4 is 15.5 Å². The van der Waals surface area contributed by atoms with E-state index in [4.69, 9.17) is 4.99 Å². The fraction of sp³-hybridized carbons (Fsp3) is 0.318. The first-order valence-corrected chi connectivity index (χ1v) is 9.42. The van der Waals surface area contributed by atoms with E-state index in [1.54, 1.807) is 13.0 Å². The molecule has 0 atom stereocenters. The Hall–Kier alpha value is -2.09. The lowest BCUT2D eigenvalue weighted by atomic mass is 10.1. The van der Waals surface area contributed by atoms with Gasteiger partial charge in [-0.25, -0.2) is 9.38 Å². The largest absolute Gasteiger partial charge is 0.364 e. The zero-order valence-electron chi connectivity index (χ0n) is 16.4. The predicted molar refractivity (Wildman–Crippen MR) is 126 cm³/mol. The zero-order valence-corrected chi connectivity index (χ0v) is 18.7. The summed E-state index contributed by atoms with van der Waals surface area (Å²) in [7, 11) is 0. The van der Waals surface area contributed by atoms with Crippen molar-refractivity contribution < 1.29 is 4.39 Å². The number of nitrogens with zero attached hydrogens (tertiary/aromatic N) is 2. The van der Waals surface area contributed by atoms with E-state index in [9.17, 15) is 4.39 Å². The van der Waals surface area contributed by atoms with Crippen LogP contribution in [0.1, 0.15) is 23.6 Å². The zero-order chi connectivity index (χ0) is 19.1. The van der Waals surface area contributed by atoms with Crippen molar-refractivity contribution in [1.29, 1.82) is 0 Å². The summed E-state index contributed by atoms with van der Waals surface area (Å²) in [5.41, 5.74) is 4.09. The van der Waals surface area contributed by atoms with Gasteiger partial charge in [-0.2, -0.15) is 0 Å². The van der Waals surface area contributed by atoms with Gasteiger partial charge in [-0.1, -0.05) is 36.4 Å². The van der Waals surface area contributed by atoms with Crippen LogP contribution in [0.3, 0.4) is 0 Å². The van der Waals surface area contributed by atoms with Crippen molar-refractivity contribution in [3.05, 3.63) is 77.1 Å². The van der Waals surface area contributed by atoms with Crippen molar-refractivity contribution in [2.75, 3.05) is 24.5 Å². The summed E-state index contributed by atoms with van der Waals surface area (Å²) in [6, 6.07) is 13.7. The van der Waals surface area contributed by atoms with Crippen LogP contribution >= 0.6 is 24.0 Å². The first kappa shape index (κ1) is 22.2. The first-order chi connectivity index (χ1) is 13.2. The van der Waals surface area contributed by atoms with Crippen LogP contribution in [0, 0.1) is 12.7 Å². The minimum atomic E-state index is -0.174. The van der Waals surface area contributed by atoms with E-state index < -0.39 is 0 Å². The molecule has 0 aromatic heterocycles. The van der Waals surface area contributed by atoms with E-state index in [2.05, 4.69) is 52.0 Å². The minimum absolute atomic E-state index is 0. The molecule has 0 saturated heterocycles. The SMILES string of the molecule is CCNC(=NCc1cccc(N2CC=CC2)c1)NCc1ccc(F)c(C)c1.I. The molecular formula is C22H28FIN4. The van der Waals surface area contributed by atoms with Crippen molar-refractivity contribution >= 4 is 35.6 Å². The second kappa shape index (κ2) is 11.0. The number of anilines is 1. The number of aliphatic imine (C=N–C) groups is 1. The number of aryl methyl sites for hydroxylation is 1. The summed E-state index contributed by atoms with van der Waals surface area (Å²) in [5.74, 6) is 0.583. The van der Waals surface area contributed by atoms with E-state index >= 15 is 0 Å². The average molecular weight is 494 g/mol. The quantitative estimate of drug-likeness (QED) is 0.271. The fourth-order valence-corrected chi connectivity index (χ4v) is 3.06. The molecule has 0 radical (unpaired) electrons. The maximum atomic E-state index is 13.4. The molecule has 0 unspecified atom stereocenters. The second-order valence-electron chi connectivity index (χ2n) is 6.68. The second-order valence-corrected chi connectivity index (χ2v) is 6.68. The number of hydrogen-bond donors (Lipinski definition) is 2. The van der Waals surface area contributed by atoms with Gasteiger partial charge in [-0.05, 0) is 48.7 Å². The van der Waals surface area contributed by atoms with Gasteiger partial charge >= 0.3 is 0 Å². The third-order valence-corrected chi connectivity index (χ3v) is 4.54. The molecule has 2 N–H and O–H groups in total. The Bertz CT molecular complexity index is 827. The molecule has 0 aliphatic carbocycles. The lowest BCUT2D eigenvalue weighted by Gasteiger charge is -2.18. The molecule has 3 rings (SSSR count). The van der Waals surface area contributed by atoms with E-state index in [1.165, 1.54) is 17.3 Å². The summed E-state index contributed by atoms with van der Waals surface area (Å²) in [6.07, 6.45) is 4.38. The highest BCUT2D eigenvalue weighted by Gasteiger charge is 2.08. The van der Waals surface area contributed by atoms with Crippen LogP contribution in [-0.2, 0) is 13.1 Å². The number of benzene rings is 2. The Labute approximate surface area is 184 Å². The van der Waals surface area contributed by atoms with Crippen LogP contribution in [0.25, 0.3) is 0 Å². The van der Waals surface area contributed by atoms with Crippen LogP contribution in [0.15, 0.2) is 59.6 Å².